The molecule has 3 aromatic rings. The predicted octanol–water partition coefficient (Wildman–Crippen LogP) is 3.97. The zero-order chi connectivity index (χ0) is 19.4. The van der Waals surface area contributed by atoms with Crippen molar-refractivity contribution >= 4 is 38.7 Å². The molecule has 2 aromatic carbocycles. The van der Waals surface area contributed by atoms with Crippen molar-refractivity contribution in [2.24, 2.45) is 0 Å². The van der Waals surface area contributed by atoms with Crippen molar-refractivity contribution in [1.29, 1.82) is 0 Å². The maximum Gasteiger partial charge on any atom is 0.340 e. The second-order valence-electron chi connectivity index (χ2n) is 6.00. The van der Waals surface area contributed by atoms with Gasteiger partial charge in [-0.05, 0) is 31.2 Å². The lowest BCUT2D eigenvalue weighted by atomic mass is 10.1. The summed E-state index contributed by atoms with van der Waals surface area (Å²) < 4.78 is 11.3. The van der Waals surface area contributed by atoms with Crippen LogP contribution in [0.15, 0.2) is 53.1 Å². The zero-order valence-corrected chi connectivity index (χ0v) is 16.5. The topological polar surface area (TPSA) is 80.4 Å². The summed E-state index contributed by atoms with van der Waals surface area (Å²) in [6, 6.07) is 12.7. The van der Waals surface area contributed by atoms with E-state index in [2.05, 4.69) is 26.2 Å². The highest BCUT2D eigenvalue weighted by molar-refractivity contribution is 9.10. The summed E-state index contributed by atoms with van der Waals surface area (Å²) in [5.41, 5.74) is 2.05. The largest absolute Gasteiger partial charge is 0.496 e. The maximum absolute atomic E-state index is 12.3. The summed E-state index contributed by atoms with van der Waals surface area (Å²) in [6.45, 7) is 1.48. The highest BCUT2D eigenvalue weighted by atomic mass is 79.9. The monoisotopic (exact) mass is 430 g/mol. The molecule has 27 heavy (non-hydrogen) atoms. The number of amides is 1. The molecule has 0 aliphatic heterocycles. The number of hydrogen-bond acceptors (Lipinski definition) is 4. The number of methoxy groups -OCH3 is 1. The molecule has 0 saturated heterocycles. The van der Waals surface area contributed by atoms with E-state index in [1.807, 2.05) is 49.4 Å². The van der Waals surface area contributed by atoms with Crippen molar-refractivity contribution < 1.29 is 19.1 Å². The molecule has 0 spiro atoms. The average molecular weight is 431 g/mol. The number of fused-ring (bicyclic) bond motifs is 1. The van der Waals surface area contributed by atoms with Gasteiger partial charge >= 0.3 is 5.97 Å². The summed E-state index contributed by atoms with van der Waals surface area (Å²) in [6.07, 6.45) is 1.58. The number of hydrogen-bond donors (Lipinski definition) is 2. The van der Waals surface area contributed by atoms with E-state index in [9.17, 15) is 9.59 Å². The van der Waals surface area contributed by atoms with Gasteiger partial charge in [-0.25, -0.2) is 4.79 Å². The van der Waals surface area contributed by atoms with Crippen LogP contribution in [0.4, 0.5) is 0 Å². The molecule has 0 aliphatic carbocycles. The van der Waals surface area contributed by atoms with Crippen LogP contribution in [0.5, 0.6) is 5.75 Å². The van der Waals surface area contributed by atoms with Crippen molar-refractivity contribution in [2.45, 2.75) is 13.0 Å². The van der Waals surface area contributed by atoms with Gasteiger partial charge in [-0.15, -0.1) is 0 Å². The van der Waals surface area contributed by atoms with Crippen LogP contribution in [0.1, 0.15) is 28.9 Å². The lowest BCUT2D eigenvalue weighted by Crippen LogP contribution is -2.31. The number of benzene rings is 2. The Hall–Kier alpha value is -2.80. The zero-order valence-electron chi connectivity index (χ0n) is 14.9. The second kappa shape index (κ2) is 8.26. The minimum Gasteiger partial charge on any atom is -0.496 e. The van der Waals surface area contributed by atoms with Crippen molar-refractivity contribution in [3.63, 3.8) is 0 Å². The van der Waals surface area contributed by atoms with Crippen molar-refractivity contribution in [2.75, 3.05) is 13.7 Å². The standard InChI is InChI=1S/C20H19BrN2O4/c1-12(14-5-3-4-6-18(14)26-2)23-19(24)11-27-20(25)16-10-22-17-8-7-13(21)9-15(16)17/h3-10,12,22H,11H2,1-2H3,(H,23,24). The van der Waals surface area contributed by atoms with Crippen LogP contribution < -0.4 is 10.1 Å². The molecular formula is C20H19BrN2O4. The molecule has 7 heteroatoms. The Morgan fingerprint density at radius 2 is 2.00 bits per heavy atom. The van der Waals surface area contributed by atoms with Crippen LogP contribution in [-0.4, -0.2) is 30.6 Å². The molecule has 1 atom stereocenters. The molecule has 0 fully saturated rings. The summed E-state index contributed by atoms with van der Waals surface area (Å²) in [5.74, 6) is -0.256. The summed E-state index contributed by atoms with van der Waals surface area (Å²) in [7, 11) is 1.58. The maximum atomic E-state index is 12.3. The van der Waals surface area contributed by atoms with E-state index in [4.69, 9.17) is 9.47 Å². The van der Waals surface area contributed by atoms with Gasteiger partial charge < -0.3 is 19.8 Å². The summed E-state index contributed by atoms with van der Waals surface area (Å²) in [5, 5.41) is 3.54. The molecule has 1 unspecified atom stereocenters. The van der Waals surface area contributed by atoms with Crippen LogP contribution in [0.25, 0.3) is 10.9 Å². The fourth-order valence-electron chi connectivity index (χ4n) is 2.86. The summed E-state index contributed by atoms with van der Waals surface area (Å²) >= 11 is 3.38. The molecule has 140 valence electrons. The molecular weight excluding hydrogens is 412 g/mol. The Bertz CT molecular complexity index is 983. The van der Waals surface area contributed by atoms with Crippen LogP contribution in [0.2, 0.25) is 0 Å². The van der Waals surface area contributed by atoms with E-state index in [1.54, 1.807) is 13.3 Å². The smallest absolute Gasteiger partial charge is 0.340 e. The molecule has 2 N–H and O–H groups in total. The number of ether oxygens (including phenoxy) is 2. The molecule has 1 heterocycles. The number of para-hydroxylation sites is 1. The molecule has 0 saturated carbocycles. The van der Waals surface area contributed by atoms with Gasteiger partial charge in [0.25, 0.3) is 5.91 Å². The van der Waals surface area contributed by atoms with Crippen LogP contribution >= 0.6 is 15.9 Å². The average Bonchev–Trinajstić information content (AvgIpc) is 3.09. The number of H-pyrrole nitrogens is 1. The molecule has 1 aromatic heterocycles. The Morgan fingerprint density at radius 3 is 2.78 bits per heavy atom. The molecule has 0 bridgehead atoms. The fraction of sp³-hybridized carbons (Fsp3) is 0.200. The van der Waals surface area contributed by atoms with Gasteiger partial charge in [0.2, 0.25) is 0 Å². The van der Waals surface area contributed by atoms with Gasteiger partial charge in [0.15, 0.2) is 6.61 Å². The number of halogens is 1. The number of esters is 1. The van der Waals surface area contributed by atoms with E-state index in [0.717, 1.165) is 20.9 Å². The highest BCUT2D eigenvalue weighted by Crippen LogP contribution is 2.25. The van der Waals surface area contributed by atoms with Gasteiger partial charge in [0, 0.05) is 27.1 Å². The van der Waals surface area contributed by atoms with Crippen LogP contribution in [0, 0.1) is 0 Å². The third kappa shape index (κ3) is 4.31. The Labute approximate surface area is 165 Å². The van der Waals surface area contributed by atoms with Crippen molar-refractivity contribution in [1.82, 2.24) is 10.3 Å². The first-order valence-corrected chi connectivity index (χ1v) is 9.15. The number of aromatic amines is 1. The first-order chi connectivity index (χ1) is 13.0. The quantitative estimate of drug-likeness (QED) is 0.579. The molecule has 3 rings (SSSR count). The van der Waals surface area contributed by atoms with Gasteiger partial charge in [-0.3, -0.25) is 4.79 Å². The number of carbonyl (C=O) groups is 2. The normalized spacial score (nSPS) is 11.8. The number of rotatable bonds is 6. The molecule has 0 radical (unpaired) electrons. The van der Waals surface area contributed by atoms with Gasteiger partial charge in [0.1, 0.15) is 5.75 Å². The van der Waals surface area contributed by atoms with Gasteiger partial charge in [-0.1, -0.05) is 34.1 Å². The van der Waals surface area contributed by atoms with E-state index in [0.29, 0.717) is 11.3 Å². The van der Waals surface area contributed by atoms with Crippen molar-refractivity contribution in [3.8, 4) is 5.75 Å². The number of aromatic nitrogens is 1. The van der Waals surface area contributed by atoms with Gasteiger partial charge in [-0.2, -0.15) is 0 Å². The van der Waals surface area contributed by atoms with Gasteiger partial charge in [0.05, 0.1) is 18.7 Å². The minimum absolute atomic E-state index is 0.281. The van der Waals surface area contributed by atoms with E-state index >= 15 is 0 Å². The van der Waals surface area contributed by atoms with E-state index in [-0.39, 0.29) is 18.6 Å². The Kier molecular flexibility index (Phi) is 5.81. The minimum atomic E-state index is -0.556. The summed E-state index contributed by atoms with van der Waals surface area (Å²) in [4.78, 5) is 27.5. The third-order valence-electron chi connectivity index (χ3n) is 4.18. The lowest BCUT2D eigenvalue weighted by Gasteiger charge is -2.17. The third-order valence-corrected chi connectivity index (χ3v) is 4.67. The Balaban J connectivity index is 1.61. The van der Waals surface area contributed by atoms with Crippen LogP contribution in [0.3, 0.4) is 0 Å². The SMILES string of the molecule is COc1ccccc1C(C)NC(=O)COC(=O)c1c[nH]c2ccc(Br)cc12. The molecule has 6 nitrogen and oxygen atoms in total. The lowest BCUT2D eigenvalue weighted by molar-refractivity contribution is -0.124. The number of nitrogens with one attached hydrogen (secondary N) is 2. The predicted molar refractivity (Wildman–Crippen MR) is 106 cm³/mol. The first kappa shape index (κ1) is 19.0. The fourth-order valence-corrected chi connectivity index (χ4v) is 3.22. The van der Waals surface area contributed by atoms with Crippen molar-refractivity contribution in [3.05, 3.63) is 64.3 Å². The first-order valence-electron chi connectivity index (χ1n) is 8.35. The van der Waals surface area contributed by atoms with E-state index < -0.39 is 5.97 Å². The molecule has 1 amide bonds. The second-order valence-corrected chi connectivity index (χ2v) is 6.92. The number of carbonyl (C=O) groups excluding carboxylic acids is 2. The highest BCUT2D eigenvalue weighted by Gasteiger charge is 2.17. The molecule has 0 aliphatic rings. The Morgan fingerprint density at radius 1 is 1.22 bits per heavy atom. The van der Waals surface area contributed by atoms with Crippen LogP contribution in [-0.2, 0) is 9.53 Å². The van der Waals surface area contributed by atoms with E-state index in [1.165, 1.54) is 0 Å².